The molecule has 0 unspecified atom stereocenters. The Labute approximate surface area is 78.6 Å². The summed E-state index contributed by atoms with van der Waals surface area (Å²) in [5, 5.41) is 0. The van der Waals surface area contributed by atoms with Gasteiger partial charge >= 0.3 is 0 Å². The first kappa shape index (κ1) is 12.1. The topological polar surface area (TPSA) is 0 Å². The molecule has 0 atom stereocenters. The van der Waals surface area contributed by atoms with E-state index in [9.17, 15) is 8.78 Å². The second kappa shape index (κ2) is 6.58. The highest BCUT2D eigenvalue weighted by Crippen LogP contribution is 2.09. The number of rotatable bonds is 2. The second-order valence-electron chi connectivity index (χ2n) is 2.50. The van der Waals surface area contributed by atoms with E-state index in [1.54, 1.807) is 6.07 Å². The molecule has 0 radical (unpaired) electrons. The molecular weight excluding hydrogens is 170 g/mol. The molecule has 0 nitrogen and oxygen atoms in total. The third kappa shape index (κ3) is 4.02. The Morgan fingerprint density at radius 3 is 2.15 bits per heavy atom. The monoisotopic (exact) mass is 186 g/mol. The molecule has 2 heteroatoms. The van der Waals surface area contributed by atoms with Crippen LogP contribution in [0.15, 0.2) is 18.2 Å². The fourth-order valence-corrected chi connectivity index (χ4v) is 0.984. The zero-order chi connectivity index (χ0) is 10.3. The van der Waals surface area contributed by atoms with Gasteiger partial charge < -0.3 is 0 Å². The standard InChI is InChI=1S/C9H10F2.C2H6/c1-2-3-7-4-5-8(10)9(11)6-7;1-2/h4-6H,2-3H2,1H3;1-2H3. The van der Waals surface area contributed by atoms with Crippen molar-refractivity contribution < 1.29 is 8.78 Å². The first-order valence-electron chi connectivity index (χ1n) is 4.68. The highest BCUT2D eigenvalue weighted by molar-refractivity contribution is 5.17. The molecule has 0 aliphatic rings. The van der Waals surface area contributed by atoms with Crippen LogP contribution >= 0.6 is 0 Å². The van der Waals surface area contributed by atoms with Crippen LogP contribution in [-0.4, -0.2) is 0 Å². The highest BCUT2D eigenvalue weighted by atomic mass is 19.2. The molecule has 0 N–H and O–H groups in total. The van der Waals surface area contributed by atoms with Gasteiger partial charge in [-0.25, -0.2) is 8.78 Å². The van der Waals surface area contributed by atoms with Crippen LogP contribution in [0.25, 0.3) is 0 Å². The van der Waals surface area contributed by atoms with Gasteiger partial charge in [-0.05, 0) is 24.1 Å². The van der Waals surface area contributed by atoms with Gasteiger partial charge in [0.05, 0.1) is 0 Å². The van der Waals surface area contributed by atoms with Gasteiger partial charge in [0.25, 0.3) is 0 Å². The predicted molar refractivity (Wildman–Crippen MR) is 51.7 cm³/mol. The molecule has 1 rings (SSSR count). The van der Waals surface area contributed by atoms with E-state index in [0.717, 1.165) is 18.4 Å². The van der Waals surface area contributed by atoms with Crippen molar-refractivity contribution in [3.8, 4) is 0 Å². The van der Waals surface area contributed by atoms with Gasteiger partial charge in [0.15, 0.2) is 11.6 Å². The Kier molecular flexibility index (Phi) is 6.11. The zero-order valence-corrected chi connectivity index (χ0v) is 8.40. The van der Waals surface area contributed by atoms with Gasteiger partial charge in [-0.15, -0.1) is 0 Å². The summed E-state index contributed by atoms with van der Waals surface area (Å²) >= 11 is 0. The Bertz CT molecular complexity index is 244. The smallest absolute Gasteiger partial charge is 0.159 e. The maximum absolute atomic E-state index is 12.5. The molecule has 13 heavy (non-hydrogen) atoms. The summed E-state index contributed by atoms with van der Waals surface area (Å²) < 4.78 is 24.9. The zero-order valence-electron chi connectivity index (χ0n) is 8.40. The largest absolute Gasteiger partial charge is 0.204 e. The van der Waals surface area contributed by atoms with Gasteiger partial charge in [0.1, 0.15) is 0 Å². The van der Waals surface area contributed by atoms with Crippen LogP contribution in [0.1, 0.15) is 32.8 Å². The Balaban J connectivity index is 0.000000671. The van der Waals surface area contributed by atoms with Crippen molar-refractivity contribution in [1.82, 2.24) is 0 Å². The first-order chi connectivity index (χ1) is 6.24. The van der Waals surface area contributed by atoms with Gasteiger partial charge in [-0.3, -0.25) is 0 Å². The molecular formula is C11H16F2. The fourth-order valence-electron chi connectivity index (χ4n) is 0.984. The summed E-state index contributed by atoms with van der Waals surface area (Å²) in [5.41, 5.74) is 0.853. The van der Waals surface area contributed by atoms with Crippen molar-refractivity contribution in [2.45, 2.75) is 33.6 Å². The lowest BCUT2D eigenvalue weighted by Crippen LogP contribution is -1.88. The molecule has 0 bridgehead atoms. The average molecular weight is 186 g/mol. The lowest BCUT2D eigenvalue weighted by molar-refractivity contribution is 0.507. The molecule has 0 fully saturated rings. The van der Waals surface area contributed by atoms with Crippen LogP contribution in [-0.2, 0) is 6.42 Å². The molecule has 0 heterocycles. The lowest BCUT2D eigenvalue weighted by atomic mass is 10.1. The lowest BCUT2D eigenvalue weighted by Gasteiger charge is -1.98. The minimum absolute atomic E-state index is 0.754. The van der Waals surface area contributed by atoms with Crippen LogP contribution in [0.5, 0.6) is 0 Å². The maximum Gasteiger partial charge on any atom is 0.159 e. The van der Waals surface area contributed by atoms with Crippen molar-refractivity contribution in [3.63, 3.8) is 0 Å². The fraction of sp³-hybridized carbons (Fsp3) is 0.455. The average Bonchev–Trinajstić information content (AvgIpc) is 2.15. The van der Waals surface area contributed by atoms with Gasteiger partial charge in [0.2, 0.25) is 0 Å². The van der Waals surface area contributed by atoms with E-state index < -0.39 is 11.6 Å². The molecule has 0 aliphatic heterocycles. The van der Waals surface area contributed by atoms with Crippen molar-refractivity contribution >= 4 is 0 Å². The third-order valence-electron chi connectivity index (χ3n) is 1.52. The molecule has 0 aromatic heterocycles. The number of halogens is 2. The van der Waals surface area contributed by atoms with E-state index in [1.165, 1.54) is 12.1 Å². The highest BCUT2D eigenvalue weighted by Gasteiger charge is 2.00. The van der Waals surface area contributed by atoms with E-state index in [-0.39, 0.29) is 0 Å². The van der Waals surface area contributed by atoms with E-state index in [0.29, 0.717) is 0 Å². The van der Waals surface area contributed by atoms with Crippen LogP contribution in [0, 0.1) is 11.6 Å². The maximum atomic E-state index is 12.5. The van der Waals surface area contributed by atoms with E-state index in [4.69, 9.17) is 0 Å². The molecule has 0 saturated heterocycles. The van der Waals surface area contributed by atoms with Crippen LogP contribution in [0.2, 0.25) is 0 Å². The molecule has 1 aromatic carbocycles. The second-order valence-corrected chi connectivity index (χ2v) is 2.50. The molecule has 0 saturated carbocycles. The molecule has 0 spiro atoms. The van der Waals surface area contributed by atoms with E-state index in [2.05, 4.69) is 0 Å². The minimum Gasteiger partial charge on any atom is -0.204 e. The number of hydrogen-bond acceptors (Lipinski definition) is 0. The van der Waals surface area contributed by atoms with Crippen LogP contribution < -0.4 is 0 Å². The van der Waals surface area contributed by atoms with Crippen molar-refractivity contribution in [2.24, 2.45) is 0 Å². The Morgan fingerprint density at radius 2 is 1.69 bits per heavy atom. The number of aryl methyl sites for hydroxylation is 1. The summed E-state index contributed by atoms with van der Waals surface area (Å²) in [6.07, 6.45) is 1.75. The van der Waals surface area contributed by atoms with Gasteiger partial charge in [-0.2, -0.15) is 0 Å². The normalized spacial score (nSPS) is 9.00. The van der Waals surface area contributed by atoms with Crippen LogP contribution in [0.4, 0.5) is 8.78 Å². The number of hydrogen-bond donors (Lipinski definition) is 0. The summed E-state index contributed by atoms with van der Waals surface area (Å²) in [6, 6.07) is 4.03. The van der Waals surface area contributed by atoms with Crippen LogP contribution in [0.3, 0.4) is 0 Å². The summed E-state index contributed by atoms with van der Waals surface area (Å²) in [6.45, 7) is 6.00. The Hall–Kier alpha value is -0.920. The van der Waals surface area contributed by atoms with E-state index >= 15 is 0 Å². The van der Waals surface area contributed by atoms with Crippen molar-refractivity contribution in [3.05, 3.63) is 35.4 Å². The number of benzene rings is 1. The summed E-state index contributed by atoms with van der Waals surface area (Å²) in [7, 11) is 0. The Morgan fingerprint density at radius 1 is 1.08 bits per heavy atom. The summed E-state index contributed by atoms with van der Waals surface area (Å²) in [4.78, 5) is 0. The van der Waals surface area contributed by atoms with E-state index in [1.807, 2.05) is 20.8 Å². The summed E-state index contributed by atoms with van der Waals surface area (Å²) in [5.74, 6) is -1.53. The van der Waals surface area contributed by atoms with Gasteiger partial charge in [0, 0.05) is 0 Å². The quantitative estimate of drug-likeness (QED) is 0.656. The minimum atomic E-state index is -0.773. The van der Waals surface area contributed by atoms with Crippen molar-refractivity contribution in [2.75, 3.05) is 0 Å². The molecule has 74 valence electrons. The van der Waals surface area contributed by atoms with Gasteiger partial charge in [-0.1, -0.05) is 33.3 Å². The predicted octanol–water partition coefficient (Wildman–Crippen LogP) is 3.94. The third-order valence-corrected chi connectivity index (χ3v) is 1.52. The first-order valence-corrected chi connectivity index (χ1v) is 4.68. The SMILES string of the molecule is CC.CCCc1ccc(F)c(F)c1. The molecule has 0 amide bonds. The molecule has 0 aliphatic carbocycles. The van der Waals surface area contributed by atoms with Crippen molar-refractivity contribution in [1.29, 1.82) is 0 Å². The molecule has 1 aromatic rings.